The highest BCUT2D eigenvalue weighted by molar-refractivity contribution is 5.87. The van der Waals surface area contributed by atoms with Crippen molar-refractivity contribution < 1.29 is 14.3 Å². The highest BCUT2D eigenvalue weighted by Crippen LogP contribution is 2.06. The molecule has 0 heterocycles. The fraction of sp³-hybridized carbons (Fsp3) is 0.778. The number of ether oxygens (including phenoxy) is 1. The van der Waals surface area contributed by atoms with Crippen LogP contribution in [0.15, 0.2) is 0 Å². The third-order valence-electron chi connectivity index (χ3n) is 1.77. The molecule has 12 heavy (non-hydrogen) atoms. The average molecular weight is 172 g/mol. The zero-order valence-electron chi connectivity index (χ0n) is 7.87. The second kappa shape index (κ2) is 5.75. The third-order valence-corrected chi connectivity index (χ3v) is 1.77. The molecule has 3 nitrogen and oxygen atoms in total. The van der Waals surface area contributed by atoms with Gasteiger partial charge in [-0.15, -0.1) is 0 Å². The second-order valence-corrected chi connectivity index (χ2v) is 2.80. The van der Waals surface area contributed by atoms with E-state index in [4.69, 9.17) is 4.74 Å². The van der Waals surface area contributed by atoms with Crippen molar-refractivity contribution in [2.24, 2.45) is 5.92 Å². The molecule has 0 aliphatic carbocycles. The Labute approximate surface area is 73.1 Å². The Morgan fingerprint density at radius 2 is 1.92 bits per heavy atom. The molecule has 0 aliphatic heterocycles. The first-order chi connectivity index (χ1) is 5.65. The minimum atomic E-state index is -0.634. The Kier molecular flexibility index (Phi) is 5.34. The molecule has 3 heteroatoms. The van der Waals surface area contributed by atoms with Gasteiger partial charge in [0.15, 0.2) is 0 Å². The SMILES string of the molecule is CCC(CC)OC(=O)C(C)C=O. The molecule has 1 unspecified atom stereocenters. The summed E-state index contributed by atoms with van der Waals surface area (Å²) in [5.74, 6) is -1.05. The van der Waals surface area contributed by atoms with E-state index in [1.54, 1.807) is 0 Å². The molecule has 0 N–H and O–H groups in total. The molecular weight excluding hydrogens is 156 g/mol. The smallest absolute Gasteiger partial charge is 0.316 e. The van der Waals surface area contributed by atoms with E-state index in [0.717, 1.165) is 12.8 Å². The van der Waals surface area contributed by atoms with E-state index in [1.165, 1.54) is 6.92 Å². The topological polar surface area (TPSA) is 43.4 Å². The summed E-state index contributed by atoms with van der Waals surface area (Å²) >= 11 is 0. The predicted octanol–water partition coefficient (Wildman–Crippen LogP) is 1.55. The van der Waals surface area contributed by atoms with Crippen molar-refractivity contribution in [2.75, 3.05) is 0 Å². The average Bonchev–Trinajstić information content (AvgIpc) is 2.12. The molecule has 0 radical (unpaired) electrons. The van der Waals surface area contributed by atoms with Crippen molar-refractivity contribution in [3.63, 3.8) is 0 Å². The fourth-order valence-electron chi connectivity index (χ4n) is 0.782. The minimum Gasteiger partial charge on any atom is -0.462 e. The van der Waals surface area contributed by atoms with E-state index in [-0.39, 0.29) is 6.10 Å². The summed E-state index contributed by atoms with van der Waals surface area (Å²) in [6.07, 6.45) is 2.16. The second-order valence-electron chi connectivity index (χ2n) is 2.80. The van der Waals surface area contributed by atoms with Gasteiger partial charge in [0.2, 0.25) is 0 Å². The van der Waals surface area contributed by atoms with Crippen LogP contribution in [0.1, 0.15) is 33.6 Å². The first-order valence-electron chi connectivity index (χ1n) is 4.31. The highest BCUT2D eigenvalue weighted by atomic mass is 16.5. The lowest BCUT2D eigenvalue weighted by Gasteiger charge is -2.14. The Bertz CT molecular complexity index is 150. The van der Waals surface area contributed by atoms with Gasteiger partial charge in [0.25, 0.3) is 0 Å². The molecule has 0 aromatic heterocycles. The van der Waals surface area contributed by atoms with Crippen LogP contribution < -0.4 is 0 Å². The predicted molar refractivity (Wildman–Crippen MR) is 45.7 cm³/mol. The molecule has 0 fully saturated rings. The lowest BCUT2D eigenvalue weighted by Crippen LogP contribution is -2.22. The summed E-state index contributed by atoms with van der Waals surface area (Å²) < 4.78 is 5.03. The van der Waals surface area contributed by atoms with E-state index >= 15 is 0 Å². The fourth-order valence-corrected chi connectivity index (χ4v) is 0.782. The molecule has 70 valence electrons. The summed E-state index contributed by atoms with van der Waals surface area (Å²) in [6.45, 7) is 5.44. The van der Waals surface area contributed by atoms with Gasteiger partial charge in [0, 0.05) is 0 Å². The molecular formula is C9H16O3. The van der Waals surface area contributed by atoms with Gasteiger partial charge in [-0.25, -0.2) is 0 Å². The summed E-state index contributed by atoms with van der Waals surface area (Å²) in [4.78, 5) is 21.3. The lowest BCUT2D eigenvalue weighted by atomic mass is 10.2. The molecule has 0 saturated heterocycles. The first kappa shape index (κ1) is 11.1. The standard InChI is InChI=1S/C9H16O3/c1-4-8(5-2)12-9(11)7(3)6-10/h6-8H,4-5H2,1-3H3. The van der Waals surface area contributed by atoms with Crippen LogP contribution in [0.2, 0.25) is 0 Å². The number of hydrogen-bond donors (Lipinski definition) is 0. The van der Waals surface area contributed by atoms with Crippen LogP contribution in [-0.2, 0) is 14.3 Å². The van der Waals surface area contributed by atoms with E-state index in [1.807, 2.05) is 13.8 Å². The van der Waals surface area contributed by atoms with Gasteiger partial charge >= 0.3 is 5.97 Å². The molecule has 0 aromatic carbocycles. The Morgan fingerprint density at radius 1 is 1.42 bits per heavy atom. The zero-order valence-corrected chi connectivity index (χ0v) is 7.87. The number of carbonyl (C=O) groups is 2. The minimum absolute atomic E-state index is 0.0418. The number of aldehydes is 1. The summed E-state index contributed by atoms with van der Waals surface area (Å²) in [5, 5.41) is 0. The monoisotopic (exact) mass is 172 g/mol. The van der Waals surface area contributed by atoms with Gasteiger partial charge in [-0.3, -0.25) is 4.79 Å². The van der Waals surface area contributed by atoms with Crippen LogP contribution in [-0.4, -0.2) is 18.4 Å². The van der Waals surface area contributed by atoms with Crippen LogP contribution in [0.5, 0.6) is 0 Å². The van der Waals surface area contributed by atoms with E-state index in [0.29, 0.717) is 6.29 Å². The Morgan fingerprint density at radius 3 is 2.25 bits per heavy atom. The maximum atomic E-state index is 11.0. The van der Waals surface area contributed by atoms with Gasteiger partial charge in [-0.2, -0.15) is 0 Å². The lowest BCUT2D eigenvalue weighted by molar-refractivity contribution is -0.154. The molecule has 0 amide bonds. The zero-order chi connectivity index (χ0) is 9.56. The molecule has 0 aliphatic rings. The maximum absolute atomic E-state index is 11.0. The first-order valence-corrected chi connectivity index (χ1v) is 4.31. The molecule has 0 spiro atoms. The number of esters is 1. The van der Waals surface area contributed by atoms with Crippen molar-refractivity contribution in [1.29, 1.82) is 0 Å². The van der Waals surface area contributed by atoms with Crippen molar-refractivity contribution >= 4 is 12.3 Å². The van der Waals surface area contributed by atoms with Gasteiger partial charge in [0.1, 0.15) is 18.3 Å². The molecule has 0 rings (SSSR count). The van der Waals surface area contributed by atoms with Crippen LogP contribution in [0.25, 0.3) is 0 Å². The van der Waals surface area contributed by atoms with E-state index in [9.17, 15) is 9.59 Å². The van der Waals surface area contributed by atoms with Gasteiger partial charge in [-0.05, 0) is 19.8 Å². The molecule has 0 saturated carbocycles. The normalized spacial score (nSPS) is 12.7. The maximum Gasteiger partial charge on any atom is 0.316 e. The largest absolute Gasteiger partial charge is 0.462 e. The van der Waals surface area contributed by atoms with Crippen LogP contribution in [0, 0.1) is 5.92 Å². The van der Waals surface area contributed by atoms with E-state index in [2.05, 4.69) is 0 Å². The Hall–Kier alpha value is -0.860. The van der Waals surface area contributed by atoms with Crippen LogP contribution in [0.4, 0.5) is 0 Å². The van der Waals surface area contributed by atoms with Crippen molar-refractivity contribution in [1.82, 2.24) is 0 Å². The number of carbonyl (C=O) groups excluding carboxylic acids is 2. The van der Waals surface area contributed by atoms with E-state index < -0.39 is 11.9 Å². The third kappa shape index (κ3) is 3.51. The molecule has 1 atom stereocenters. The molecule has 0 bridgehead atoms. The van der Waals surface area contributed by atoms with Crippen molar-refractivity contribution in [3.8, 4) is 0 Å². The van der Waals surface area contributed by atoms with Crippen LogP contribution >= 0.6 is 0 Å². The quantitative estimate of drug-likeness (QED) is 0.359. The summed E-state index contributed by atoms with van der Waals surface area (Å²) in [5.41, 5.74) is 0. The van der Waals surface area contributed by atoms with Gasteiger partial charge in [0.05, 0.1) is 0 Å². The number of hydrogen-bond acceptors (Lipinski definition) is 3. The van der Waals surface area contributed by atoms with Crippen LogP contribution in [0.3, 0.4) is 0 Å². The summed E-state index contributed by atoms with van der Waals surface area (Å²) in [7, 11) is 0. The van der Waals surface area contributed by atoms with Crippen molar-refractivity contribution in [3.05, 3.63) is 0 Å². The van der Waals surface area contributed by atoms with Gasteiger partial charge < -0.3 is 9.53 Å². The molecule has 0 aromatic rings. The Balaban J connectivity index is 3.89. The van der Waals surface area contributed by atoms with Crippen molar-refractivity contribution in [2.45, 2.75) is 39.7 Å². The summed E-state index contributed by atoms with van der Waals surface area (Å²) in [6, 6.07) is 0. The van der Waals surface area contributed by atoms with Gasteiger partial charge in [-0.1, -0.05) is 13.8 Å². The highest BCUT2D eigenvalue weighted by Gasteiger charge is 2.16. The number of rotatable bonds is 5.